The monoisotopic (exact) mass is 312 g/mol. The summed E-state index contributed by atoms with van der Waals surface area (Å²) in [6.45, 7) is 15.0. The molecule has 0 saturated heterocycles. The lowest BCUT2D eigenvalue weighted by atomic mass is 10.0. The van der Waals surface area contributed by atoms with Gasteiger partial charge in [0.2, 0.25) is 0 Å². The summed E-state index contributed by atoms with van der Waals surface area (Å²) in [5.74, 6) is 0.143. The summed E-state index contributed by atoms with van der Waals surface area (Å²) >= 11 is 0. The van der Waals surface area contributed by atoms with E-state index in [2.05, 4.69) is 63.6 Å². The minimum absolute atomic E-state index is 0.143. The molecule has 0 aliphatic heterocycles. The van der Waals surface area contributed by atoms with E-state index in [1.807, 2.05) is 13.0 Å². The molecule has 0 atom stereocenters. The zero-order valence-corrected chi connectivity index (χ0v) is 15.4. The zero-order valence-electron chi connectivity index (χ0n) is 15.4. The highest BCUT2D eigenvalue weighted by Gasteiger charge is 2.17. The molecule has 1 N–H and O–H groups in total. The molecule has 0 bridgehead atoms. The Labute approximate surface area is 139 Å². The quantitative estimate of drug-likeness (QED) is 0.796. The van der Waals surface area contributed by atoms with Crippen LogP contribution in [-0.4, -0.2) is 16.9 Å². The van der Waals surface area contributed by atoms with Crippen LogP contribution in [0.2, 0.25) is 0 Å². The van der Waals surface area contributed by atoms with Crippen molar-refractivity contribution >= 4 is 11.5 Å². The van der Waals surface area contributed by atoms with E-state index in [4.69, 9.17) is 0 Å². The molecule has 1 heterocycles. The molecule has 3 nitrogen and oxygen atoms in total. The summed E-state index contributed by atoms with van der Waals surface area (Å²) in [7, 11) is 0. The Bertz CT molecular complexity index is 715. The fraction of sp³-hybridized carbons (Fsp3) is 0.450. The first-order valence-corrected chi connectivity index (χ1v) is 8.25. The van der Waals surface area contributed by atoms with Crippen LogP contribution in [-0.2, 0) is 0 Å². The van der Waals surface area contributed by atoms with E-state index in [-0.39, 0.29) is 5.78 Å². The molecule has 2 aromatic rings. The average molecular weight is 312 g/mol. The maximum atomic E-state index is 12.6. The summed E-state index contributed by atoms with van der Waals surface area (Å²) in [4.78, 5) is 12.6. The molecule has 2 rings (SSSR count). The summed E-state index contributed by atoms with van der Waals surface area (Å²) in [5.41, 5.74) is 7.71. The fourth-order valence-electron chi connectivity index (χ4n) is 3.58. The maximum absolute atomic E-state index is 12.6. The van der Waals surface area contributed by atoms with Gasteiger partial charge in [-0.1, -0.05) is 17.7 Å². The number of rotatable bonds is 5. The Morgan fingerprint density at radius 1 is 1.04 bits per heavy atom. The number of carbonyl (C=O) groups is 1. The van der Waals surface area contributed by atoms with Crippen molar-refractivity contribution in [3.63, 3.8) is 0 Å². The first-order valence-electron chi connectivity index (χ1n) is 8.25. The molecule has 0 fully saturated rings. The van der Waals surface area contributed by atoms with Crippen LogP contribution in [0.4, 0.5) is 5.69 Å². The molecule has 0 amide bonds. The topological polar surface area (TPSA) is 34.0 Å². The van der Waals surface area contributed by atoms with E-state index in [0.29, 0.717) is 12.6 Å². The van der Waals surface area contributed by atoms with Gasteiger partial charge in [0.15, 0.2) is 5.78 Å². The SMILES string of the molecule is Cc1cc(C)c(NCC(=O)c2cc(C)n(C(C)C)c2C)c(C)c1. The van der Waals surface area contributed by atoms with Crippen molar-refractivity contribution in [2.45, 2.75) is 54.5 Å². The van der Waals surface area contributed by atoms with E-state index >= 15 is 0 Å². The minimum atomic E-state index is 0.143. The number of aromatic nitrogens is 1. The number of anilines is 1. The van der Waals surface area contributed by atoms with E-state index in [1.54, 1.807) is 0 Å². The Hall–Kier alpha value is -2.03. The van der Waals surface area contributed by atoms with Crippen LogP contribution in [0, 0.1) is 34.6 Å². The van der Waals surface area contributed by atoms with Crippen LogP contribution < -0.4 is 5.32 Å². The standard InChI is InChI=1S/C20H28N2O/c1-12(2)22-16(6)10-18(17(22)7)19(23)11-21-20-14(4)8-13(3)9-15(20)5/h8-10,12,21H,11H2,1-7H3. The zero-order chi connectivity index (χ0) is 17.3. The van der Waals surface area contributed by atoms with Crippen LogP contribution in [0.15, 0.2) is 18.2 Å². The maximum Gasteiger partial charge on any atom is 0.183 e. The summed E-state index contributed by atoms with van der Waals surface area (Å²) in [6.07, 6.45) is 0. The van der Waals surface area contributed by atoms with Gasteiger partial charge in [0.25, 0.3) is 0 Å². The van der Waals surface area contributed by atoms with E-state index in [1.165, 1.54) is 16.7 Å². The third-order valence-electron chi connectivity index (χ3n) is 4.40. The highest BCUT2D eigenvalue weighted by Crippen LogP contribution is 2.23. The number of nitrogens with one attached hydrogen (secondary N) is 1. The van der Waals surface area contributed by atoms with Gasteiger partial charge in [-0.05, 0) is 65.7 Å². The Morgan fingerprint density at radius 2 is 1.61 bits per heavy atom. The van der Waals surface area contributed by atoms with Gasteiger partial charge in [-0.3, -0.25) is 4.79 Å². The molecule has 1 aromatic heterocycles. The van der Waals surface area contributed by atoms with Crippen LogP contribution in [0.5, 0.6) is 0 Å². The van der Waals surface area contributed by atoms with Crippen molar-refractivity contribution in [1.29, 1.82) is 0 Å². The van der Waals surface area contributed by atoms with Gasteiger partial charge in [0.1, 0.15) is 0 Å². The van der Waals surface area contributed by atoms with Gasteiger partial charge in [0.05, 0.1) is 6.54 Å². The fourth-order valence-corrected chi connectivity index (χ4v) is 3.58. The number of hydrogen-bond donors (Lipinski definition) is 1. The molecular weight excluding hydrogens is 284 g/mol. The van der Waals surface area contributed by atoms with Gasteiger partial charge in [0, 0.05) is 28.7 Å². The van der Waals surface area contributed by atoms with Crippen molar-refractivity contribution in [2.24, 2.45) is 0 Å². The highest BCUT2D eigenvalue weighted by atomic mass is 16.1. The van der Waals surface area contributed by atoms with Gasteiger partial charge >= 0.3 is 0 Å². The van der Waals surface area contributed by atoms with Crippen molar-refractivity contribution in [3.05, 3.63) is 51.8 Å². The van der Waals surface area contributed by atoms with Gasteiger partial charge < -0.3 is 9.88 Å². The number of ketones is 1. The normalized spacial score (nSPS) is 11.1. The number of Topliss-reactive ketones (excluding diaryl/α,β-unsaturated/α-hetero) is 1. The van der Waals surface area contributed by atoms with Crippen molar-refractivity contribution in [2.75, 3.05) is 11.9 Å². The van der Waals surface area contributed by atoms with E-state index in [0.717, 1.165) is 22.6 Å². The Morgan fingerprint density at radius 3 is 2.09 bits per heavy atom. The van der Waals surface area contributed by atoms with Crippen LogP contribution >= 0.6 is 0 Å². The highest BCUT2D eigenvalue weighted by molar-refractivity contribution is 6.00. The lowest BCUT2D eigenvalue weighted by molar-refractivity contribution is 0.101. The largest absolute Gasteiger partial charge is 0.377 e. The molecule has 3 heteroatoms. The van der Waals surface area contributed by atoms with E-state index in [9.17, 15) is 4.79 Å². The predicted octanol–water partition coefficient (Wildman–Crippen LogP) is 4.91. The van der Waals surface area contributed by atoms with Crippen LogP contribution in [0.25, 0.3) is 0 Å². The molecular formula is C20H28N2O. The molecule has 0 saturated carbocycles. The van der Waals surface area contributed by atoms with Crippen LogP contribution in [0.3, 0.4) is 0 Å². The molecule has 1 aromatic carbocycles. The molecule has 124 valence electrons. The average Bonchev–Trinajstić information content (AvgIpc) is 2.72. The number of aryl methyl sites for hydroxylation is 4. The lowest BCUT2D eigenvalue weighted by Gasteiger charge is -2.15. The number of hydrogen-bond acceptors (Lipinski definition) is 2. The van der Waals surface area contributed by atoms with Gasteiger partial charge in [-0.2, -0.15) is 0 Å². The second-order valence-electron chi connectivity index (χ2n) is 6.80. The number of benzene rings is 1. The van der Waals surface area contributed by atoms with Crippen LogP contribution in [0.1, 0.15) is 58.3 Å². The summed E-state index contributed by atoms with van der Waals surface area (Å²) in [6, 6.07) is 6.66. The molecule has 0 aliphatic carbocycles. The molecule has 0 spiro atoms. The van der Waals surface area contributed by atoms with Gasteiger partial charge in [-0.15, -0.1) is 0 Å². The van der Waals surface area contributed by atoms with E-state index < -0.39 is 0 Å². The summed E-state index contributed by atoms with van der Waals surface area (Å²) in [5, 5.41) is 3.33. The summed E-state index contributed by atoms with van der Waals surface area (Å²) < 4.78 is 2.22. The minimum Gasteiger partial charge on any atom is -0.377 e. The third kappa shape index (κ3) is 3.49. The van der Waals surface area contributed by atoms with Crippen molar-refractivity contribution in [1.82, 2.24) is 4.57 Å². The molecule has 0 unspecified atom stereocenters. The molecule has 0 radical (unpaired) electrons. The second kappa shape index (κ2) is 6.61. The van der Waals surface area contributed by atoms with Crippen molar-refractivity contribution < 1.29 is 4.79 Å². The second-order valence-corrected chi connectivity index (χ2v) is 6.80. The Kier molecular flexibility index (Phi) is 4.98. The first kappa shape index (κ1) is 17.3. The third-order valence-corrected chi connectivity index (χ3v) is 4.40. The van der Waals surface area contributed by atoms with Crippen molar-refractivity contribution in [3.8, 4) is 0 Å². The first-order chi connectivity index (χ1) is 10.7. The number of nitrogens with zero attached hydrogens (tertiary/aromatic N) is 1. The number of carbonyl (C=O) groups excluding carboxylic acids is 1. The lowest BCUT2D eigenvalue weighted by Crippen LogP contribution is -2.16. The van der Waals surface area contributed by atoms with Gasteiger partial charge in [-0.25, -0.2) is 0 Å². The smallest absolute Gasteiger partial charge is 0.183 e. The predicted molar refractivity (Wildman–Crippen MR) is 97.8 cm³/mol. The Balaban J connectivity index is 2.20. The molecule has 23 heavy (non-hydrogen) atoms. The molecule has 0 aliphatic rings.